The predicted molar refractivity (Wildman–Crippen MR) is 137 cm³/mol. The molecule has 1 rings (SSSR count). The number of carbonyl (C=O) groups is 1. The van der Waals surface area contributed by atoms with Gasteiger partial charge in [0.05, 0.1) is 13.2 Å². The summed E-state index contributed by atoms with van der Waals surface area (Å²) < 4.78 is 31.2. The molecule has 2 atom stereocenters. The lowest BCUT2D eigenvalue weighted by Crippen LogP contribution is -2.59. The van der Waals surface area contributed by atoms with E-state index in [4.69, 9.17) is 4.55 Å². The molecule has 0 aliphatic carbocycles. The van der Waals surface area contributed by atoms with E-state index in [2.05, 4.69) is 11.6 Å². The molecule has 9 heteroatoms. The van der Waals surface area contributed by atoms with Crippen LogP contribution in [0.3, 0.4) is 0 Å². The van der Waals surface area contributed by atoms with Gasteiger partial charge in [-0.25, -0.2) is 4.99 Å². The minimum atomic E-state index is -4.33. The summed E-state index contributed by atoms with van der Waals surface area (Å²) in [4.78, 5) is 17.2. The normalized spacial score (nSPS) is 19.2. The number of aliphatic hydroxyl groups excluding tert-OH is 2. The lowest BCUT2D eigenvalue weighted by atomic mass is 10.0. The molecular weight excluding hydrogens is 456 g/mol. The molecule has 0 spiro atoms. The summed E-state index contributed by atoms with van der Waals surface area (Å²) in [6.07, 6.45) is 16.5. The van der Waals surface area contributed by atoms with E-state index in [1.165, 1.54) is 57.8 Å². The first-order valence-corrected chi connectivity index (χ1v) is 14.6. The number of Topliss-reactive ketones (excluding diaryl/α,β-unsaturated/α-hetero) is 1. The third-order valence-electron chi connectivity index (χ3n) is 6.54. The number of ketones is 1. The molecule has 0 aromatic carbocycles. The Balaban J connectivity index is 2.25. The summed E-state index contributed by atoms with van der Waals surface area (Å²) in [5, 5.41) is 19.6. The molecule has 0 fully saturated rings. The highest BCUT2D eigenvalue weighted by Crippen LogP contribution is 2.20. The van der Waals surface area contributed by atoms with Crippen LogP contribution in [0.4, 0.5) is 0 Å². The van der Waals surface area contributed by atoms with Crippen molar-refractivity contribution < 1.29 is 32.5 Å². The Labute approximate surface area is 206 Å². The molecule has 1 heterocycles. The summed E-state index contributed by atoms with van der Waals surface area (Å²) in [7, 11) is -4.33. The number of aliphatic hydroxyl groups is 2. The van der Waals surface area contributed by atoms with Gasteiger partial charge in [-0.15, -0.1) is 6.58 Å². The molecule has 0 saturated heterocycles. The fourth-order valence-electron chi connectivity index (χ4n) is 4.79. The number of allylic oxidation sites excluding steroid dienone is 1. The van der Waals surface area contributed by atoms with Crippen LogP contribution in [0.25, 0.3) is 0 Å². The molecule has 198 valence electrons. The number of quaternary nitrogens is 1. The second-order valence-corrected chi connectivity index (χ2v) is 11.1. The van der Waals surface area contributed by atoms with E-state index in [1.807, 2.05) is 6.08 Å². The van der Waals surface area contributed by atoms with Crippen LogP contribution in [0, 0.1) is 0 Å². The van der Waals surface area contributed by atoms with Gasteiger partial charge in [-0.2, -0.15) is 8.42 Å². The van der Waals surface area contributed by atoms with E-state index in [9.17, 15) is 23.4 Å². The molecule has 1 aliphatic heterocycles. The standard InChI is InChI=1S/C25H46N2O6S/c1-2-3-4-5-6-7-8-9-10-11-12-13-14-15-16-24(30)25-26-17-18-27(25,19-20-28)21-23(29)22-34(31,32)33/h2,23,28-29H,1,3-22H2/p+1. The average Bonchev–Trinajstić information content (AvgIpc) is 3.15. The first kappa shape index (κ1) is 30.9. The van der Waals surface area contributed by atoms with E-state index in [0.29, 0.717) is 25.3 Å². The number of hydrogen-bond acceptors (Lipinski definition) is 6. The van der Waals surface area contributed by atoms with Crippen LogP contribution in [0.15, 0.2) is 17.6 Å². The van der Waals surface area contributed by atoms with Crippen LogP contribution in [0.2, 0.25) is 0 Å². The van der Waals surface area contributed by atoms with Crippen molar-refractivity contribution in [2.75, 3.05) is 38.5 Å². The van der Waals surface area contributed by atoms with Crippen LogP contribution < -0.4 is 0 Å². The maximum absolute atomic E-state index is 12.8. The molecule has 3 N–H and O–H groups in total. The van der Waals surface area contributed by atoms with Crippen LogP contribution in [0.5, 0.6) is 0 Å². The van der Waals surface area contributed by atoms with Gasteiger partial charge < -0.3 is 10.2 Å². The van der Waals surface area contributed by atoms with E-state index in [1.54, 1.807) is 0 Å². The number of hydrogen-bond donors (Lipinski definition) is 3. The van der Waals surface area contributed by atoms with Gasteiger partial charge in [-0.1, -0.05) is 70.3 Å². The van der Waals surface area contributed by atoms with Crippen LogP contribution in [-0.4, -0.2) is 83.9 Å². The monoisotopic (exact) mass is 503 g/mol. The molecule has 0 radical (unpaired) electrons. The zero-order valence-corrected chi connectivity index (χ0v) is 21.7. The molecule has 8 nitrogen and oxygen atoms in total. The maximum atomic E-state index is 12.8. The minimum Gasteiger partial charge on any atom is -0.390 e. The average molecular weight is 504 g/mol. The lowest BCUT2D eigenvalue weighted by Gasteiger charge is -2.34. The van der Waals surface area contributed by atoms with Crippen molar-refractivity contribution >= 4 is 21.7 Å². The topological polar surface area (TPSA) is 124 Å². The van der Waals surface area contributed by atoms with Crippen molar-refractivity contribution in [1.82, 2.24) is 0 Å². The number of amidine groups is 1. The molecule has 2 unspecified atom stereocenters. The number of aliphatic imine (C=N–C) groups is 1. The molecule has 0 amide bonds. The van der Waals surface area contributed by atoms with Crippen LogP contribution in [0.1, 0.15) is 89.9 Å². The second-order valence-electron chi connectivity index (χ2n) is 9.60. The van der Waals surface area contributed by atoms with Gasteiger partial charge in [0.2, 0.25) is 5.78 Å². The summed E-state index contributed by atoms with van der Waals surface area (Å²) in [5.74, 6) is -0.582. The molecular formula is C25H47N2O6S+. The van der Waals surface area contributed by atoms with Gasteiger partial charge in [0.25, 0.3) is 16.0 Å². The smallest absolute Gasteiger partial charge is 0.267 e. The Morgan fingerprint density at radius 2 is 1.53 bits per heavy atom. The van der Waals surface area contributed by atoms with Crippen molar-refractivity contribution in [2.45, 2.75) is 96.0 Å². The quantitative estimate of drug-likeness (QED) is 0.0896. The zero-order valence-electron chi connectivity index (χ0n) is 20.9. The van der Waals surface area contributed by atoms with E-state index < -0.39 is 22.0 Å². The molecule has 0 aromatic rings. The van der Waals surface area contributed by atoms with Crippen molar-refractivity contribution in [1.29, 1.82) is 0 Å². The summed E-state index contributed by atoms with van der Waals surface area (Å²) >= 11 is 0. The van der Waals surface area contributed by atoms with Gasteiger partial charge in [-0.3, -0.25) is 13.8 Å². The van der Waals surface area contributed by atoms with Crippen LogP contribution in [-0.2, 0) is 14.9 Å². The Hall–Kier alpha value is -1.13. The SMILES string of the molecule is C=CCCCCCCCCCCCCCCC(=O)C1=NCC[N+]1(CCO)CC(O)CS(=O)(=O)O. The minimum absolute atomic E-state index is 0.0275. The van der Waals surface area contributed by atoms with E-state index >= 15 is 0 Å². The number of unbranched alkanes of at least 4 members (excludes halogenated alkanes) is 12. The summed E-state index contributed by atoms with van der Waals surface area (Å²) in [5.41, 5.74) is 0. The van der Waals surface area contributed by atoms with E-state index in [-0.39, 0.29) is 30.0 Å². The highest BCUT2D eigenvalue weighted by molar-refractivity contribution is 7.85. The number of rotatable bonds is 22. The lowest BCUT2D eigenvalue weighted by molar-refractivity contribution is -0.837. The first-order chi connectivity index (χ1) is 16.2. The zero-order chi connectivity index (χ0) is 25.3. The van der Waals surface area contributed by atoms with Gasteiger partial charge in [0.15, 0.2) is 0 Å². The molecule has 0 aromatic heterocycles. The summed E-state index contributed by atoms with van der Waals surface area (Å²) in [6, 6.07) is 0. The number of nitrogens with zero attached hydrogens (tertiary/aromatic N) is 2. The predicted octanol–water partition coefficient (Wildman–Crippen LogP) is 3.67. The highest BCUT2D eigenvalue weighted by Gasteiger charge is 2.43. The van der Waals surface area contributed by atoms with Crippen molar-refractivity contribution in [3.8, 4) is 0 Å². The third-order valence-corrected chi connectivity index (χ3v) is 7.35. The Bertz CT molecular complexity index is 725. The largest absolute Gasteiger partial charge is 0.390 e. The maximum Gasteiger partial charge on any atom is 0.267 e. The third kappa shape index (κ3) is 13.1. The van der Waals surface area contributed by atoms with E-state index in [0.717, 1.165) is 25.7 Å². The molecule has 34 heavy (non-hydrogen) atoms. The highest BCUT2D eigenvalue weighted by atomic mass is 32.2. The van der Waals surface area contributed by atoms with Gasteiger partial charge >= 0.3 is 0 Å². The van der Waals surface area contributed by atoms with Crippen LogP contribution >= 0.6 is 0 Å². The molecule has 1 aliphatic rings. The van der Waals surface area contributed by atoms with Crippen molar-refractivity contribution in [2.24, 2.45) is 4.99 Å². The summed E-state index contributed by atoms with van der Waals surface area (Å²) in [6.45, 7) is 4.48. The Kier molecular flexibility index (Phi) is 15.7. The Morgan fingerprint density at radius 1 is 1.00 bits per heavy atom. The van der Waals surface area contributed by atoms with Gasteiger partial charge in [-0.05, 0) is 19.3 Å². The fourth-order valence-corrected chi connectivity index (χ4v) is 5.38. The Morgan fingerprint density at radius 3 is 2.03 bits per heavy atom. The second kappa shape index (κ2) is 17.3. The van der Waals surface area contributed by atoms with Crippen molar-refractivity contribution in [3.63, 3.8) is 0 Å². The number of carbonyl (C=O) groups excluding carboxylic acids is 1. The molecule has 0 saturated carbocycles. The molecule has 0 bridgehead atoms. The van der Waals surface area contributed by atoms with Gasteiger partial charge in [0.1, 0.15) is 31.5 Å². The first-order valence-electron chi connectivity index (χ1n) is 13.0. The van der Waals surface area contributed by atoms with Crippen molar-refractivity contribution in [3.05, 3.63) is 12.7 Å². The van der Waals surface area contributed by atoms with Gasteiger partial charge in [0, 0.05) is 6.42 Å². The fraction of sp³-hybridized carbons (Fsp3) is 0.840.